The maximum absolute atomic E-state index is 12.9. The fourth-order valence-electron chi connectivity index (χ4n) is 2.80. The molecule has 0 radical (unpaired) electrons. The molecule has 3 aromatic rings. The van der Waals surface area contributed by atoms with E-state index in [4.69, 9.17) is 4.42 Å². The van der Waals surface area contributed by atoms with Crippen LogP contribution in [-0.4, -0.2) is 39.1 Å². The molecule has 0 saturated carbocycles. The number of nitrogens with zero attached hydrogens (tertiary/aromatic N) is 4. The van der Waals surface area contributed by atoms with Gasteiger partial charge < -0.3 is 9.73 Å². The zero-order chi connectivity index (χ0) is 19.3. The summed E-state index contributed by atoms with van der Waals surface area (Å²) in [5.74, 6) is 0.919. The standard InChI is InChI=1S/C18H19N5O2S3/c1-2-7-19-17-20-21-18(28-17)27-11-16(24)23-13(15-6-4-9-26-15)10-12(22-23)14-5-3-8-25-14/h3-6,8-9,13H,2,7,10-11H2,1H3,(H,19,20). The van der Waals surface area contributed by atoms with Crippen molar-refractivity contribution >= 4 is 51.2 Å². The predicted octanol–water partition coefficient (Wildman–Crippen LogP) is 4.48. The van der Waals surface area contributed by atoms with Gasteiger partial charge in [0, 0.05) is 17.8 Å². The van der Waals surface area contributed by atoms with E-state index in [-0.39, 0.29) is 17.7 Å². The number of nitrogens with one attached hydrogen (secondary N) is 1. The first-order valence-corrected chi connectivity index (χ1v) is 11.6. The zero-order valence-corrected chi connectivity index (χ0v) is 17.6. The van der Waals surface area contributed by atoms with E-state index >= 15 is 0 Å². The Bertz CT molecular complexity index is 937. The fraction of sp³-hybridized carbons (Fsp3) is 0.333. The number of hydrazone groups is 1. The number of anilines is 1. The number of hydrogen-bond donors (Lipinski definition) is 1. The first kappa shape index (κ1) is 19.2. The Morgan fingerprint density at radius 2 is 2.32 bits per heavy atom. The molecule has 3 aromatic heterocycles. The van der Waals surface area contributed by atoms with Crippen LogP contribution in [-0.2, 0) is 4.79 Å². The highest BCUT2D eigenvalue weighted by molar-refractivity contribution is 8.01. The van der Waals surface area contributed by atoms with E-state index in [0.717, 1.165) is 33.0 Å². The minimum absolute atomic E-state index is 0.0526. The number of rotatable bonds is 8. The van der Waals surface area contributed by atoms with Crippen molar-refractivity contribution in [1.82, 2.24) is 15.2 Å². The summed E-state index contributed by atoms with van der Waals surface area (Å²) in [6.45, 7) is 2.96. The Morgan fingerprint density at radius 3 is 3.07 bits per heavy atom. The number of hydrogen-bond acceptors (Lipinski definition) is 9. The lowest BCUT2D eigenvalue weighted by Gasteiger charge is -2.20. The molecular formula is C18H19N5O2S3. The first-order valence-electron chi connectivity index (χ1n) is 8.91. The first-order chi connectivity index (χ1) is 13.7. The van der Waals surface area contributed by atoms with Gasteiger partial charge in [0.05, 0.1) is 18.1 Å². The average Bonchev–Trinajstić information content (AvgIpc) is 3.48. The second-order valence-corrected chi connectivity index (χ2v) is 9.27. The molecule has 1 N–H and O–H groups in total. The molecule has 0 spiro atoms. The number of furan rings is 1. The lowest BCUT2D eigenvalue weighted by Crippen LogP contribution is -2.28. The molecule has 28 heavy (non-hydrogen) atoms. The summed E-state index contributed by atoms with van der Waals surface area (Å²) in [6, 6.07) is 7.65. The van der Waals surface area contributed by atoms with Gasteiger partial charge in [-0.25, -0.2) is 5.01 Å². The van der Waals surface area contributed by atoms with E-state index in [1.807, 2.05) is 29.6 Å². The van der Waals surface area contributed by atoms with Crippen molar-refractivity contribution in [2.24, 2.45) is 5.10 Å². The quantitative estimate of drug-likeness (QED) is 0.527. The number of amides is 1. The number of carbonyl (C=O) groups excluding carboxylic acids is 1. The van der Waals surface area contributed by atoms with Crippen LogP contribution in [0.5, 0.6) is 0 Å². The number of thioether (sulfide) groups is 1. The van der Waals surface area contributed by atoms with Crippen molar-refractivity contribution in [3.8, 4) is 0 Å². The van der Waals surface area contributed by atoms with Crippen molar-refractivity contribution in [1.29, 1.82) is 0 Å². The van der Waals surface area contributed by atoms with Crippen molar-refractivity contribution in [3.63, 3.8) is 0 Å². The third-order valence-electron chi connectivity index (χ3n) is 4.09. The predicted molar refractivity (Wildman–Crippen MR) is 113 cm³/mol. The number of thiophene rings is 1. The minimum atomic E-state index is -0.0931. The van der Waals surface area contributed by atoms with Gasteiger partial charge in [0.1, 0.15) is 11.5 Å². The largest absolute Gasteiger partial charge is 0.463 e. The SMILES string of the molecule is CCCNc1nnc(SCC(=O)N2N=C(c3ccco3)CC2c2cccs2)s1. The molecule has 0 saturated heterocycles. The molecule has 1 amide bonds. The third kappa shape index (κ3) is 4.29. The second kappa shape index (κ2) is 8.89. The number of aromatic nitrogens is 2. The van der Waals surface area contributed by atoms with E-state index in [9.17, 15) is 4.79 Å². The summed E-state index contributed by atoms with van der Waals surface area (Å²) in [5.41, 5.74) is 0.795. The van der Waals surface area contributed by atoms with Crippen molar-refractivity contribution in [3.05, 3.63) is 46.5 Å². The minimum Gasteiger partial charge on any atom is -0.463 e. The molecule has 10 heteroatoms. The molecule has 7 nitrogen and oxygen atoms in total. The second-order valence-electron chi connectivity index (χ2n) is 6.09. The summed E-state index contributed by atoms with van der Waals surface area (Å²) in [7, 11) is 0. The van der Waals surface area contributed by atoms with Gasteiger partial charge in [-0.05, 0) is 30.0 Å². The smallest absolute Gasteiger partial charge is 0.253 e. The average molecular weight is 434 g/mol. The van der Waals surface area contributed by atoms with Gasteiger partial charge in [-0.2, -0.15) is 5.10 Å². The lowest BCUT2D eigenvalue weighted by atomic mass is 10.1. The van der Waals surface area contributed by atoms with E-state index in [1.54, 1.807) is 22.6 Å². The molecule has 1 aliphatic rings. The van der Waals surface area contributed by atoms with Crippen LogP contribution in [0.15, 0.2) is 49.8 Å². The van der Waals surface area contributed by atoms with Gasteiger partial charge in [0.2, 0.25) is 5.13 Å². The molecule has 1 unspecified atom stereocenters. The molecule has 4 rings (SSSR count). The maximum Gasteiger partial charge on any atom is 0.253 e. The summed E-state index contributed by atoms with van der Waals surface area (Å²) in [6.07, 6.45) is 3.29. The van der Waals surface area contributed by atoms with Crippen LogP contribution < -0.4 is 5.32 Å². The number of carbonyl (C=O) groups is 1. The van der Waals surface area contributed by atoms with Gasteiger partial charge in [-0.1, -0.05) is 36.1 Å². The normalized spacial score (nSPS) is 16.4. The van der Waals surface area contributed by atoms with E-state index < -0.39 is 0 Å². The highest BCUT2D eigenvalue weighted by Gasteiger charge is 2.34. The van der Waals surface area contributed by atoms with Crippen LogP contribution in [0.25, 0.3) is 0 Å². The summed E-state index contributed by atoms with van der Waals surface area (Å²) in [4.78, 5) is 14.0. The Kier molecular flexibility index (Phi) is 6.08. The Morgan fingerprint density at radius 1 is 1.39 bits per heavy atom. The molecule has 146 valence electrons. The van der Waals surface area contributed by atoms with Crippen LogP contribution in [0.1, 0.15) is 36.4 Å². The molecule has 1 atom stereocenters. The van der Waals surface area contributed by atoms with Gasteiger partial charge in [0.25, 0.3) is 5.91 Å². The van der Waals surface area contributed by atoms with Gasteiger partial charge >= 0.3 is 0 Å². The molecule has 1 aliphatic heterocycles. The van der Waals surface area contributed by atoms with E-state index in [1.165, 1.54) is 23.1 Å². The van der Waals surface area contributed by atoms with Crippen molar-refractivity contribution < 1.29 is 9.21 Å². The van der Waals surface area contributed by atoms with Crippen LogP contribution in [0.3, 0.4) is 0 Å². The third-order valence-corrected chi connectivity index (χ3v) is 7.07. The highest BCUT2D eigenvalue weighted by Crippen LogP contribution is 2.36. The fourth-order valence-corrected chi connectivity index (χ4v) is 5.24. The van der Waals surface area contributed by atoms with E-state index in [2.05, 4.69) is 27.5 Å². The van der Waals surface area contributed by atoms with Crippen LogP contribution in [0.4, 0.5) is 5.13 Å². The lowest BCUT2D eigenvalue weighted by molar-refractivity contribution is -0.130. The van der Waals surface area contributed by atoms with Crippen LogP contribution >= 0.6 is 34.4 Å². The molecule has 4 heterocycles. The van der Waals surface area contributed by atoms with Gasteiger partial charge in [-0.3, -0.25) is 4.79 Å². The molecule has 0 fully saturated rings. The molecular weight excluding hydrogens is 414 g/mol. The van der Waals surface area contributed by atoms with Crippen molar-refractivity contribution in [2.75, 3.05) is 17.6 Å². The molecule has 0 bridgehead atoms. The Labute approximate surface area is 174 Å². The Hall–Kier alpha value is -2.17. The summed E-state index contributed by atoms with van der Waals surface area (Å²) < 4.78 is 6.25. The zero-order valence-electron chi connectivity index (χ0n) is 15.2. The Balaban J connectivity index is 1.45. The van der Waals surface area contributed by atoms with Gasteiger partial charge in [0.15, 0.2) is 4.34 Å². The molecule has 0 aliphatic carbocycles. The summed E-state index contributed by atoms with van der Waals surface area (Å²) in [5, 5.41) is 20.4. The van der Waals surface area contributed by atoms with Crippen LogP contribution in [0.2, 0.25) is 0 Å². The summed E-state index contributed by atoms with van der Waals surface area (Å²) >= 11 is 4.49. The van der Waals surface area contributed by atoms with Gasteiger partial charge in [-0.15, -0.1) is 21.5 Å². The van der Waals surface area contributed by atoms with Crippen LogP contribution in [0, 0.1) is 0 Å². The topological polar surface area (TPSA) is 83.6 Å². The van der Waals surface area contributed by atoms with E-state index in [0.29, 0.717) is 12.2 Å². The highest BCUT2D eigenvalue weighted by atomic mass is 32.2. The molecule has 0 aromatic carbocycles. The van der Waals surface area contributed by atoms with Crippen molar-refractivity contribution in [2.45, 2.75) is 30.1 Å². The monoisotopic (exact) mass is 433 g/mol. The maximum atomic E-state index is 12.9.